The molecule has 0 saturated heterocycles. The second-order valence-electron chi connectivity index (χ2n) is 8.26. The molecule has 164 valence electrons. The van der Waals surface area contributed by atoms with Crippen LogP contribution < -0.4 is 9.64 Å². The molecule has 1 heterocycles. The van der Waals surface area contributed by atoms with E-state index in [4.69, 9.17) is 16.3 Å². The Morgan fingerprint density at radius 1 is 1.00 bits per heavy atom. The molecular formula is C29H24ClNO2. The molecule has 1 unspecified atom stereocenters. The van der Waals surface area contributed by atoms with Crippen LogP contribution in [0.25, 0.3) is 10.8 Å². The molecule has 0 N–H and O–H groups in total. The van der Waals surface area contributed by atoms with Crippen LogP contribution in [0.1, 0.15) is 29.0 Å². The molecule has 4 aromatic carbocycles. The Bertz CT molecular complexity index is 1330. The summed E-state index contributed by atoms with van der Waals surface area (Å²) in [5.41, 5.74) is 4.29. The number of amides is 1. The predicted molar refractivity (Wildman–Crippen MR) is 135 cm³/mol. The van der Waals surface area contributed by atoms with Crippen LogP contribution in [0.5, 0.6) is 5.75 Å². The molecule has 4 heteroatoms. The number of rotatable bonds is 6. The van der Waals surface area contributed by atoms with Crippen LogP contribution in [-0.4, -0.2) is 12.5 Å². The lowest BCUT2D eigenvalue weighted by atomic mass is 9.81. The molecule has 0 spiro atoms. The van der Waals surface area contributed by atoms with Crippen molar-refractivity contribution in [2.24, 2.45) is 0 Å². The van der Waals surface area contributed by atoms with E-state index in [0.29, 0.717) is 24.6 Å². The molecule has 3 nitrogen and oxygen atoms in total. The van der Waals surface area contributed by atoms with Crippen molar-refractivity contribution in [3.63, 3.8) is 0 Å². The van der Waals surface area contributed by atoms with E-state index in [9.17, 15) is 4.79 Å². The van der Waals surface area contributed by atoms with Gasteiger partial charge in [-0.2, -0.15) is 0 Å². The van der Waals surface area contributed by atoms with Crippen molar-refractivity contribution in [2.75, 3.05) is 11.4 Å². The van der Waals surface area contributed by atoms with Gasteiger partial charge in [0.15, 0.2) is 0 Å². The van der Waals surface area contributed by atoms with Gasteiger partial charge in [0.1, 0.15) is 12.4 Å². The van der Waals surface area contributed by atoms with Crippen molar-refractivity contribution >= 4 is 34.0 Å². The Kier molecular flexibility index (Phi) is 5.89. The zero-order valence-corrected chi connectivity index (χ0v) is 19.0. The smallest absolute Gasteiger partial charge is 0.228 e. The third kappa shape index (κ3) is 4.24. The first-order valence-electron chi connectivity index (χ1n) is 11.0. The molecule has 0 aliphatic carbocycles. The number of fused-ring (bicyclic) bond motifs is 3. The summed E-state index contributed by atoms with van der Waals surface area (Å²) in [5, 5.41) is 3.06. The van der Waals surface area contributed by atoms with Crippen molar-refractivity contribution in [3.8, 4) is 5.75 Å². The van der Waals surface area contributed by atoms with E-state index in [2.05, 4.69) is 49.0 Å². The Balaban J connectivity index is 1.48. The minimum Gasteiger partial charge on any atom is -0.489 e. The quantitative estimate of drug-likeness (QED) is 0.291. The van der Waals surface area contributed by atoms with E-state index in [1.165, 1.54) is 16.3 Å². The van der Waals surface area contributed by atoms with Crippen LogP contribution in [0, 0.1) is 0 Å². The van der Waals surface area contributed by atoms with Crippen LogP contribution in [0.2, 0.25) is 5.02 Å². The Morgan fingerprint density at radius 3 is 2.61 bits per heavy atom. The number of anilines is 1. The third-order valence-electron chi connectivity index (χ3n) is 6.16. The molecule has 1 atom stereocenters. The van der Waals surface area contributed by atoms with Crippen LogP contribution in [0.4, 0.5) is 5.69 Å². The lowest BCUT2D eigenvalue weighted by Crippen LogP contribution is -2.37. The summed E-state index contributed by atoms with van der Waals surface area (Å²) in [6.45, 7) is 4.80. The second-order valence-corrected chi connectivity index (χ2v) is 8.69. The van der Waals surface area contributed by atoms with E-state index in [0.717, 1.165) is 22.6 Å². The molecule has 1 amide bonds. The minimum atomic E-state index is -0.0124. The monoisotopic (exact) mass is 453 g/mol. The van der Waals surface area contributed by atoms with Gasteiger partial charge in [0.05, 0.1) is 0 Å². The van der Waals surface area contributed by atoms with Crippen LogP contribution in [0.3, 0.4) is 0 Å². The Hall–Kier alpha value is -3.56. The number of halogens is 1. The lowest BCUT2D eigenvalue weighted by Gasteiger charge is -2.35. The zero-order chi connectivity index (χ0) is 22.8. The first-order valence-corrected chi connectivity index (χ1v) is 11.4. The SMILES string of the molecule is C=CCN1C(=O)CC(c2ccc(OCc3cccc(Cl)c3)cc2)c2c1ccc1ccccc21. The number of ether oxygens (including phenoxy) is 1. The molecule has 1 aliphatic rings. The van der Waals surface area contributed by atoms with E-state index >= 15 is 0 Å². The van der Waals surface area contributed by atoms with Crippen LogP contribution in [0.15, 0.2) is 97.6 Å². The Morgan fingerprint density at radius 2 is 1.82 bits per heavy atom. The van der Waals surface area contributed by atoms with Gasteiger partial charge in [-0.05, 0) is 57.8 Å². The van der Waals surface area contributed by atoms with Gasteiger partial charge in [-0.1, -0.05) is 72.3 Å². The number of carbonyl (C=O) groups is 1. The fourth-order valence-corrected chi connectivity index (χ4v) is 4.82. The molecule has 0 aromatic heterocycles. The number of hydrogen-bond donors (Lipinski definition) is 0. The normalized spacial score (nSPS) is 15.4. The van der Waals surface area contributed by atoms with E-state index in [1.54, 1.807) is 6.08 Å². The van der Waals surface area contributed by atoms with Crippen molar-refractivity contribution in [3.05, 3.63) is 119 Å². The standard InChI is InChI=1S/C29H24ClNO2/c1-2-16-31-27-15-12-21-7-3-4-9-25(21)29(27)26(18-28(31)32)22-10-13-24(14-11-22)33-19-20-6-5-8-23(30)17-20/h2-15,17,26H,1,16,18-19H2. The minimum absolute atomic E-state index is 0.0124. The molecule has 0 saturated carbocycles. The van der Waals surface area contributed by atoms with E-state index < -0.39 is 0 Å². The predicted octanol–water partition coefficient (Wildman–Crippen LogP) is 7.13. The van der Waals surface area contributed by atoms with Crippen LogP contribution >= 0.6 is 11.6 Å². The fraction of sp³-hybridized carbons (Fsp3) is 0.138. The largest absolute Gasteiger partial charge is 0.489 e. The summed E-state index contributed by atoms with van der Waals surface area (Å²) < 4.78 is 5.95. The maximum atomic E-state index is 13.1. The molecule has 0 fully saturated rings. The summed E-state index contributed by atoms with van der Waals surface area (Å²) in [4.78, 5) is 14.9. The number of hydrogen-bond acceptors (Lipinski definition) is 2. The average Bonchev–Trinajstić information content (AvgIpc) is 2.84. The second kappa shape index (κ2) is 9.13. The van der Waals surface area contributed by atoms with Gasteiger partial charge < -0.3 is 9.64 Å². The summed E-state index contributed by atoms with van der Waals surface area (Å²) in [5.74, 6) is 0.887. The highest BCUT2D eigenvalue weighted by atomic mass is 35.5. The van der Waals surface area contributed by atoms with Gasteiger partial charge in [0.25, 0.3) is 0 Å². The van der Waals surface area contributed by atoms with Crippen molar-refractivity contribution in [2.45, 2.75) is 18.9 Å². The average molecular weight is 454 g/mol. The van der Waals surface area contributed by atoms with Crippen LogP contribution in [-0.2, 0) is 11.4 Å². The van der Waals surface area contributed by atoms with Gasteiger partial charge in [0.2, 0.25) is 5.91 Å². The first kappa shape index (κ1) is 21.3. The highest BCUT2D eigenvalue weighted by molar-refractivity contribution is 6.30. The number of carbonyl (C=O) groups excluding carboxylic acids is 1. The highest BCUT2D eigenvalue weighted by Crippen LogP contribution is 2.44. The van der Waals surface area contributed by atoms with E-state index in [-0.39, 0.29) is 11.8 Å². The molecule has 1 aliphatic heterocycles. The molecule has 5 rings (SSSR count). The summed E-state index contributed by atoms with van der Waals surface area (Å²) in [6.07, 6.45) is 2.21. The summed E-state index contributed by atoms with van der Waals surface area (Å²) in [6, 6.07) is 28.3. The van der Waals surface area contributed by atoms with Gasteiger partial charge in [0, 0.05) is 29.6 Å². The van der Waals surface area contributed by atoms with Crippen molar-refractivity contribution in [1.29, 1.82) is 0 Å². The molecule has 0 radical (unpaired) electrons. The summed E-state index contributed by atoms with van der Waals surface area (Å²) in [7, 11) is 0. The summed E-state index contributed by atoms with van der Waals surface area (Å²) >= 11 is 6.07. The molecule has 4 aromatic rings. The topological polar surface area (TPSA) is 29.5 Å². The molecule has 0 bridgehead atoms. The number of nitrogens with zero attached hydrogens (tertiary/aromatic N) is 1. The van der Waals surface area contributed by atoms with Crippen molar-refractivity contribution < 1.29 is 9.53 Å². The first-order chi connectivity index (χ1) is 16.1. The van der Waals surface area contributed by atoms with Crippen molar-refractivity contribution in [1.82, 2.24) is 0 Å². The third-order valence-corrected chi connectivity index (χ3v) is 6.39. The lowest BCUT2D eigenvalue weighted by molar-refractivity contribution is -0.119. The highest BCUT2D eigenvalue weighted by Gasteiger charge is 2.33. The van der Waals surface area contributed by atoms with E-state index in [1.807, 2.05) is 47.4 Å². The molecule has 33 heavy (non-hydrogen) atoms. The Labute approximate surface area is 198 Å². The fourth-order valence-electron chi connectivity index (χ4n) is 4.61. The van der Waals surface area contributed by atoms with Gasteiger partial charge in [-0.15, -0.1) is 6.58 Å². The van der Waals surface area contributed by atoms with Gasteiger partial charge >= 0.3 is 0 Å². The van der Waals surface area contributed by atoms with Gasteiger partial charge in [-0.25, -0.2) is 0 Å². The maximum absolute atomic E-state index is 13.1. The zero-order valence-electron chi connectivity index (χ0n) is 18.2. The maximum Gasteiger partial charge on any atom is 0.228 e. The molecular weight excluding hydrogens is 430 g/mol. The van der Waals surface area contributed by atoms with Gasteiger partial charge in [-0.3, -0.25) is 4.79 Å². The number of benzene rings is 4.